The fourth-order valence-electron chi connectivity index (χ4n) is 1.65. The average molecular weight is 372 g/mol. The first kappa shape index (κ1) is 14.0. The van der Waals surface area contributed by atoms with E-state index in [-0.39, 0.29) is 15.1 Å². The highest BCUT2D eigenvalue weighted by atomic mass is 35.5. The molecule has 0 amide bonds. The molecule has 0 radical (unpaired) electrons. The molecule has 3 rings (SSSR count). The number of rotatable bonds is 0. The van der Waals surface area contributed by atoms with Crippen LogP contribution in [-0.4, -0.2) is 0 Å². The zero-order valence-electron chi connectivity index (χ0n) is 8.94. The molecule has 19 heavy (non-hydrogen) atoms. The van der Waals surface area contributed by atoms with Gasteiger partial charge in [0.15, 0.2) is 11.5 Å². The highest BCUT2D eigenvalue weighted by Crippen LogP contribution is 2.57. The molecule has 0 atom stereocenters. The van der Waals surface area contributed by atoms with Gasteiger partial charge in [0, 0.05) is 0 Å². The summed E-state index contributed by atoms with van der Waals surface area (Å²) in [5.41, 5.74) is 0. The Labute approximate surface area is 138 Å². The maximum Gasteiger partial charge on any atom is 0.163 e. The third kappa shape index (κ3) is 2.19. The van der Waals surface area contributed by atoms with Gasteiger partial charge in [0.2, 0.25) is 0 Å². The van der Waals surface area contributed by atoms with Crippen molar-refractivity contribution < 1.29 is 4.74 Å². The van der Waals surface area contributed by atoms with Crippen molar-refractivity contribution in [2.24, 2.45) is 0 Å². The van der Waals surface area contributed by atoms with E-state index in [9.17, 15) is 0 Å². The Morgan fingerprint density at radius 3 is 2.21 bits per heavy atom. The summed E-state index contributed by atoms with van der Waals surface area (Å²) < 4.78 is 5.74. The summed E-state index contributed by atoms with van der Waals surface area (Å²) in [6.45, 7) is 0. The first-order valence-electron chi connectivity index (χ1n) is 5.01. The lowest BCUT2D eigenvalue weighted by atomic mass is 10.3. The molecule has 0 aliphatic carbocycles. The second-order valence-electron chi connectivity index (χ2n) is 3.69. The SMILES string of the molecule is Clc1cccc2c1Oc1c(Cl)c(Cl)c(Cl)c(Cl)c1S2. The normalized spacial score (nSPS) is 12.7. The maximum absolute atomic E-state index is 6.19. The summed E-state index contributed by atoms with van der Waals surface area (Å²) in [4.78, 5) is 1.48. The Morgan fingerprint density at radius 1 is 0.789 bits per heavy atom. The van der Waals surface area contributed by atoms with Crippen LogP contribution in [0.15, 0.2) is 28.0 Å². The Kier molecular flexibility index (Phi) is 3.76. The highest BCUT2D eigenvalue weighted by Gasteiger charge is 2.28. The van der Waals surface area contributed by atoms with Crippen molar-refractivity contribution in [3.05, 3.63) is 43.3 Å². The van der Waals surface area contributed by atoms with Crippen LogP contribution in [-0.2, 0) is 0 Å². The van der Waals surface area contributed by atoms with Crippen LogP contribution >= 0.6 is 69.8 Å². The van der Waals surface area contributed by atoms with E-state index in [0.717, 1.165) is 4.90 Å². The van der Waals surface area contributed by atoms with Gasteiger partial charge in [-0.05, 0) is 12.1 Å². The second kappa shape index (κ2) is 5.10. The second-order valence-corrected chi connectivity index (χ2v) is 6.66. The molecule has 0 spiro atoms. The Bertz CT molecular complexity index is 701. The van der Waals surface area contributed by atoms with Crippen molar-refractivity contribution >= 4 is 69.8 Å². The molecule has 0 bridgehead atoms. The first-order valence-corrected chi connectivity index (χ1v) is 7.71. The number of hydrogen-bond donors (Lipinski definition) is 0. The van der Waals surface area contributed by atoms with Crippen molar-refractivity contribution in [2.45, 2.75) is 9.79 Å². The average Bonchev–Trinajstić information content (AvgIpc) is 2.42. The number of ether oxygens (including phenoxy) is 1. The van der Waals surface area contributed by atoms with E-state index in [1.807, 2.05) is 12.1 Å². The van der Waals surface area contributed by atoms with Crippen molar-refractivity contribution in [1.82, 2.24) is 0 Å². The van der Waals surface area contributed by atoms with Crippen LogP contribution in [0.2, 0.25) is 25.1 Å². The smallest absolute Gasteiger partial charge is 0.163 e. The molecule has 1 aliphatic heterocycles. The number of halogens is 5. The Morgan fingerprint density at radius 2 is 1.47 bits per heavy atom. The topological polar surface area (TPSA) is 9.23 Å². The summed E-state index contributed by atoms with van der Waals surface area (Å²) in [5, 5.41) is 1.43. The third-order valence-corrected chi connectivity index (χ3v) is 5.86. The largest absolute Gasteiger partial charge is 0.452 e. The molecule has 0 saturated carbocycles. The molecule has 1 heterocycles. The quantitative estimate of drug-likeness (QED) is 0.304. The molecule has 0 aromatic heterocycles. The van der Waals surface area contributed by atoms with E-state index in [4.69, 9.17) is 62.7 Å². The molecule has 0 fully saturated rings. The standard InChI is InChI=1S/C12H3Cl5OS/c13-4-2-1-3-5-10(4)18-11-8(16)6(14)7(15)9(17)12(11)19-5/h1-3H. The van der Waals surface area contributed by atoms with Gasteiger partial charge in [-0.3, -0.25) is 0 Å². The van der Waals surface area contributed by atoms with Gasteiger partial charge >= 0.3 is 0 Å². The number of hydrogen-bond acceptors (Lipinski definition) is 2. The minimum atomic E-state index is 0.170. The monoisotopic (exact) mass is 370 g/mol. The van der Waals surface area contributed by atoms with Crippen LogP contribution in [0, 0.1) is 0 Å². The van der Waals surface area contributed by atoms with E-state index in [1.165, 1.54) is 11.8 Å². The summed E-state index contributed by atoms with van der Waals surface area (Å²) in [7, 11) is 0. The first-order chi connectivity index (χ1) is 9.00. The van der Waals surface area contributed by atoms with Crippen molar-refractivity contribution in [1.29, 1.82) is 0 Å². The minimum Gasteiger partial charge on any atom is -0.452 e. The summed E-state index contributed by atoms with van der Waals surface area (Å²) in [5.74, 6) is 0.921. The zero-order chi connectivity index (χ0) is 13.7. The van der Waals surface area contributed by atoms with Gasteiger partial charge in [-0.2, -0.15) is 0 Å². The van der Waals surface area contributed by atoms with E-state index < -0.39 is 0 Å². The summed E-state index contributed by atoms with van der Waals surface area (Å²) in [6.07, 6.45) is 0. The van der Waals surface area contributed by atoms with Crippen LogP contribution in [0.3, 0.4) is 0 Å². The predicted octanol–water partition coefficient (Wildman–Crippen LogP) is 7.21. The van der Waals surface area contributed by atoms with Crippen LogP contribution in [0.5, 0.6) is 11.5 Å². The molecule has 1 aliphatic rings. The third-order valence-electron chi connectivity index (χ3n) is 2.53. The van der Waals surface area contributed by atoms with E-state index >= 15 is 0 Å². The number of fused-ring (bicyclic) bond motifs is 2. The fourth-order valence-corrected chi connectivity index (χ4v) is 4.06. The van der Waals surface area contributed by atoms with Gasteiger partial charge in [0.05, 0.1) is 29.9 Å². The van der Waals surface area contributed by atoms with E-state index in [2.05, 4.69) is 0 Å². The Hall–Kier alpha value is 0.0400. The lowest BCUT2D eigenvalue weighted by Gasteiger charge is -2.23. The molecular formula is C12H3Cl5OS. The van der Waals surface area contributed by atoms with E-state index in [1.54, 1.807) is 6.07 Å². The van der Waals surface area contributed by atoms with Gasteiger partial charge < -0.3 is 4.74 Å². The summed E-state index contributed by atoms with van der Waals surface area (Å²) in [6, 6.07) is 5.44. The van der Waals surface area contributed by atoms with Crippen LogP contribution < -0.4 is 4.74 Å². The van der Waals surface area contributed by atoms with Gasteiger partial charge in [-0.25, -0.2) is 0 Å². The molecule has 2 aromatic carbocycles. The zero-order valence-corrected chi connectivity index (χ0v) is 13.5. The van der Waals surface area contributed by atoms with Crippen molar-refractivity contribution in [2.75, 3.05) is 0 Å². The van der Waals surface area contributed by atoms with Crippen molar-refractivity contribution in [3.8, 4) is 11.5 Å². The van der Waals surface area contributed by atoms with Crippen molar-refractivity contribution in [3.63, 3.8) is 0 Å². The predicted molar refractivity (Wildman–Crippen MR) is 82.1 cm³/mol. The highest BCUT2D eigenvalue weighted by molar-refractivity contribution is 7.99. The minimum absolute atomic E-state index is 0.170. The van der Waals surface area contributed by atoms with Crippen LogP contribution in [0.1, 0.15) is 0 Å². The Balaban J connectivity index is 2.26. The van der Waals surface area contributed by atoms with Crippen LogP contribution in [0.25, 0.3) is 0 Å². The molecule has 2 aromatic rings. The molecule has 0 saturated heterocycles. The molecule has 98 valence electrons. The van der Waals surface area contributed by atoms with Gasteiger partial charge in [0.1, 0.15) is 5.02 Å². The number of para-hydroxylation sites is 1. The molecular weight excluding hydrogens is 369 g/mol. The summed E-state index contributed by atoms with van der Waals surface area (Å²) >= 11 is 31.9. The molecule has 7 heteroatoms. The maximum atomic E-state index is 6.19. The lowest BCUT2D eigenvalue weighted by molar-refractivity contribution is 0.455. The molecule has 0 unspecified atom stereocenters. The van der Waals surface area contributed by atoms with Gasteiger partial charge in [-0.15, -0.1) is 0 Å². The van der Waals surface area contributed by atoms with E-state index in [0.29, 0.717) is 26.4 Å². The van der Waals surface area contributed by atoms with Crippen LogP contribution in [0.4, 0.5) is 0 Å². The lowest BCUT2D eigenvalue weighted by Crippen LogP contribution is -1.98. The van der Waals surface area contributed by atoms with Gasteiger partial charge in [-0.1, -0.05) is 75.8 Å². The molecule has 1 nitrogen and oxygen atoms in total. The van der Waals surface area contributed by atoms with Gasteiger partial charge in [0.25, 0.3) is 0 Å². The fraction of sp³-hybridized carbons (Fsp3) is 0. The molecule has 0 N–H and O–H groups in total. The number of benzene rings is 2.